The van der Waals surface area contributed by atoms with Gasteiger partial charge in [-0.2, -0.15) is 17.6 Å². The third-order valence-corrected chi connectivity index (χ3v) is 4.85. The van der Waals surface area contributed by atoms with Gasteiger partial charge in [0.15, 0.2) is 17.4 Å². The van der Waals surface area contributed by atoms with Crippen molar-refractivity contribution in [2.45, 2.75) is 31.9 Å². The number of nitrogens with zero attached hydrogens (tertiary/aromatic N) is 1. The zero-order chi connectivity index (χ0) is 23.5. The zero-order valence-corrected chi connectivity index (χ0v) is 17.1. The molecule has 1 amide bonds. The van der Waals surface area contributed by atoms with Crippen LogP contribution in [0.2, 0.25) is 0 Å². The fourth-order valence-electron chi connectivity index (χ4n) is 3.28. The summed E-state index contributed by atoms with van der Waals surface area (Å²) in [7, 11) is 0. The summed E-state index contributed by atoms with van der Waals surface area (Å²) in [5, 5.41) is 2.96. The molecule has 0 radical (unpaired) electrons. The third-order valence-electron chi connectivity index (χ3n) is 4.85. The maximum atomic E-state index is 13.9. The maximum Gasteiger partial charge on any atom is 0.461 e. The zero-order valence-electron chi connectivity index (χ0n) is 17.1. The third kappa shape index (κ3) is 5.30. The molecule has 0 bridgehead atoms. The molecule has 1 fully saturated rings. The molecule has 5 nitrogen and oxygen atoms in total. The van der Waals surface area contributed by atoms with Crippen LogP contribution >= 0.6 is 0 Å². The number of nitrogens with one attached hydrogen (secondary N) is 1. The van der Waals surface area contributed by atoms with Crippen molar-refractivity contribution < 1.29 is 36.2 Å². The van der Waals surface area contributed by atoms with E-state index in [0.29, 0.717) is 12.0 Å². The Bertz CT molecular complexity index is 979. The van der Waals surface area contributed by atoms with Gasteiger partial charge in [-0.1, -0.05) is 24.3 Å². The number of carbonyl (C=O) groups excluding carboxylic acids is 1. The van der Waals surface area contributed by atoms with E-state index in [1.165, 1.54) is 29.2 Å². The smallest absolute Gasteiger partial charge is 0.439 e. The highest BCUT2D eigenvalue weighted by Gasteiger charge is 2.45. The molecule has 2 aromatic carbocycles. The minimum absolute atomic E-state index is 0.0296. The highest BCUT2D eigenvalue weighted by molar-refractivity contribution is 5.97. The Balaban J connectivity index is 1.63. The van der Waals surface area contributed by atoms with E-state index in [-0.39, 0.29) is 36.3 Å². The van der Waals surface area contributed by atoms with E-state index < -0.39 is 30.0 Å². The SMILES string of the molecule is C=C(NC1CCN(C(=O)c2ccccc2OC(F)(F)C(F)F)C1)Oc1c(C)cccc1F. The largest absolute Gasteiger partial charge is 0.461 e. The normalized spacial score (nSPS) is 16.2. The number of amides is 1. The van der Waals surface area contributed by atoms with Gasteiger partial charge in [0.2, 0.25) is 0 Å². The minimum atomic E-state index is -4.73. The predicted octanol–water partition coefficient (Wildman–Crippen LogP) is 4.73. The molecule has 0 saturated carbocycles. The molecule has 10 heteroatoms. The van der Waals surface area contributed by atoms with Crippen molar-refractivity contribution in [3.05, 3.63) is 71.9 Å². The predicted molar refractivity (Wildman–Crippen MR) is 106 cm³/mol. The van der Waals surface area contributed by atoms with Gasteiger partial charge in [-0.25, -0.2) is 4.39 Å². The van der Waals surface area contributed by atoms with Crippen molar-refractivity contribution in [1.82, 2.24) is 10.2 Å². The first kappa shape index (κ1) is 23.4. The summed E-state index contributed by atoms with van der Waals surface area (Å²) < 4.78 is 75.2. The standard InChI is InChI=1S/C22H21F5N2O3/c1-13-6-5-8-17(23)19(13)31-14(2)28-15-10-11-29(12-15)20(30)16-7-3-4-9-18(16)32-22(26,27)21(24)25/h3-9,15,21,28H,2,10-12H2,1H3. The number of likely N-dealkylation sites (tertiary alicyclic amines) is 1. The topological polar surface area (TPSA) is 50.8 Å². The van der Waals surface area contributed by atoms with Crippen molar-refractivity contribution in [2.75, 3.05) is 13.1 Å². The quantitative estimate of drug-likeness (QED) is 0.461. The van der Waals surface area contributed by atoms with E-state index in [4.69, 9.17) is 4.74 Å². The van der Waals surface area contributed by atoms with Crippen LogP contribution in [0.1, 0.15) is 22.3 Å². The number of aryl methyl sites for hydroxylation is 1. The lowest BCUT2D eigenvalue weighted by molar-refractivity contribution is -0.253. The van der Waals surface area contributed by atoms with E-state index in [1.54, 1.807) is 19.1 Å². The number of ether oxygens (including phenoxy) is 2. The fourth-order valence-corrected chi connectivity index (χ4v) is 3.28. The molecule has 1 aliphatic rings. The van der Waals surface area contributed by atoms with Crippen molar-refractivity contribution in [1.29, 1.82) is 0 Å². The van der Waals surface area contributed by atoms with Gasteiger partial charge in [-0.3, -0.25) is 4.79 Å². The summed E-state index contributed by atoms with van der Waals surface area (Å²) in [6, 6.07) is 9.15. The highest BCUT2D eigenvalue weighted by atomic mass is 19.3. The summed E-state index contributed by atoms with van der Waals surface area (Å²) in [5.74, 6) is -1.72. The molecule has 1 saturated heterocycles. The molecular formula is C22H21F5N2O3. The van der Waals surface area contributed by atoms with Crippen LogP contribution in [0.4, 0.5) is 22.0 Å². The van der Waals surface area contributed by atoms with Gasteiger partial charge >= 0.3 is 12.5 Å². The number of hydrogen-bond acceptors (Lipinski definition) is 4. The van der Waals surface area contributed by atoms with E-state index in [0.717, 1.165) is 6.07 Å². The molecule has 2 aromatic rings. The first-order valence-corrected chi connectivity index (χ1v) is 9.70. The van der Waals surface area contributed by atoms with Gasteiger partial charge < -0.3 is 19.7 Å². The average molecular weight is 456 g/mol. The van der Waals surface area contributed by atoms with Gasteiger partial charge in [-0.15, -0.1) is 0 Å². The number of halogens is 5. The van der Waals surface area contributed by atoms with E-state index in [2.05, 4.69) is 16.6 Å². The minimum Gasteiger partial charge on any atom is -0.439 e. The van der Waals surface area contributed by atoms with Crippen LogP contribution < -0.4 is 14.8 Å². The van der Waals surface area contributed by atoms with Gasteiger partial charge in [0.25, 0.3) is 5.91 Å². The van der Waals surface area contributed by atoms with Crippen molar-refractivity contribution >= 4 is 5.91 Å². The first-order chi connectivity index (χ1) is 15.1. The number of para-hydroxylation sites is 2. The molecule has 3 rings (SSSR count). The number of benzene rings is 2. The molecule has 172 valence electrons. The van der Waals surface area contributed by atoms with Crippen LogP contribution in [0, 0.1) is 12.7 Å². The summed E-state index contributed by atoms with van der Waals surface area (Å²) in [6.07, 6.45) is -8.30. The number of alkyl halides is 4. The second kappa shape index (κ2) is 9.46. The molecule has 1 atom stereocenters. The Morgan fingerprint density at radius 1 is 1.22 bits per heavy atom. The van der Waals surface area contributed by atoms with Crippen LogP contribution in [0.15, 0.2) is 54.9 Å². The summed E-state index contributed by atoms with van der Waals surface area (Å²) >= 11 is 0. The van der Waals surface area contributed by atoms with Crippen molar-refractivity contribution in [3.8, 4) is 11.5 Å². The fraction of sp³-hybridized carbons (Fsp3) is 0.318. The van der Waals surface area contributed by atoms with Gasteiger partial charge in [0, 0.05) is 19.1 Å². The van der Waals surface area contributed by atoms with E-state index in [9.17, 15) is 26.7 Å². The molecule has 0 aromatic heterocycles. The maximum absolute atomic E-state index is 13.9. The van der Waals surface area contributed by atoms with Crippen molar-refractivity contribution in [3.63, 3.8) is 0 Å². The van der Waals surface area contributed by atoms with E-state index in [1.807, 2.05) is 0 Å². The number of hydrogen-bond donors (Lipinski definition) is 1. The van der Waals surface area contributed by atoms with E-state index >= 15 is 0 Å². The van der Waals surface area contributed by atoms with Gasteiger partial charge in [0.05, 0.1) is 5.56 Å². The highest BCUT2D eigenvalue weighted by Crippen LogP contribution is 2.31. The van der Waals surface area contributed by atoms with Crippen molar-refractivity contribution in [2.24, 2.45) is 0 Å². The molecule has 1 N–H and O–H groups in total. The lowest BCUT2D eigenvalue weighted by atomic mass is 10.1. The Hall–Kier alpha value is -3.30. The van der Waals surface area contributed by atoms with Gasteiger partial charge in [0.1, 0.15) is 5.75 Å². The molecule has 32 heavy (non-hydrogen) atoms. The Morgan fingerprint density at radius 3 is 2.62 bits per heavy atom. The van der Waals surface area contributed by atoms with Crippen LogP contribution in [-0.2, 0) is 0 Å². The Kier molecular flexibility index (Phi) is 6.90. The Labute approximate surface area is 181 Å². The second-order valence-electron chi connectivity index (χ2n) is 7.25. The lowest BCUT2D eigenvalue weighted by Gasteiger charge is -2.22. The van der Waals surface area contributed by atoms with Crippen LogP contribution in [0.5, 0.6) is 11.5 Å². The molecule has 1 unspecified atom stereocenters. The first-order valence-electron chi connectivity index (χ1n) is 9.70. The summed E-state index contributed by atoms with van der Waals surface area (Å²) in [5.41, 5.74) is 0.318. The molecular weight excluding hydrogens is 435 g/mol. The van der Waals surface area contributed by atoms with Crippen LogP contribution in [0.3, 0.4) is 0 Å². The summed E-state index contributed by atoms with van der Waals surface area (Å²) in [4.78, 5) is 14.2. The molecule has 1 heterocycles. The lowest BCUT2D eigenvalue weighted by Crippen LogP contribution is -2.37. The number of rotatable bonds is 8. The molecule has 0 spiro atoms. The average Bonchev–Trinajstić information content (AvgIpc) is 3.19. The van der Waals surface area contributed by atoms with Crippen LogP contribution in [0.25, 0.3) is 0 Å². The van der Waals surface area contributed by atoms with Crippen LogP contribution in [-0.4, -0.2) is 42.5 Å². The van der Waals surface area contributed by atoms with Gasteiger partial charge in [-0.05, 0) is 43.7 Å². The molecule has 1 aliphatic heterocycles. The summed E-state index contributed by atoms with van der Waals surface area (Å²) in [6.45, 7) is 5.83. The number of carbonyl (C=O) groups is 1. The second-order valence-corrected chi connectivity index (χ2v) is 7.25. The monoisotopic (exact) mass is 456 g/mol. The Morgan fingerprint density at radius 2 is 1.94 bits per heavy atom. The molecule has 0 aliphatic carbocycles.